The highest BCUT2D eigenvalue weighted by atomic mass is 16.2. The van der Waals surface area contributed by atoms with Crippen LogP contribution in [-0.2, 0) is 20.9 Å². The fourth-order valence-corrected chi connectivity index (χ4v) is 4.73. The number of hydrogen-bond acceptors (Lipinski definition) is 3. The number of nitrogens with zero attached hydrogens (tertiary/aromatic N) is 1. The minimum absolute atomic E-state index is 0.0241. The van der Waals surface area contributed by atoms with Gasteiger partial charge in [0, 0.05) is 19.0 Å². The molecule has 3 aliphatic rings. The monoisotopic (exact) mass is 312 g/mol. The number of amides is 3. The van der Waals surface area contributed by atoms with Gasteiger partial charge in [0.15, 0.2) is 0 Å². The third-order valence-corrected chi connectivity index (χ3v) is 5.75. The molecule has 0 unspecified atom stereocenters. The van der Waals surface area contributed by atoms with Gasteiger partial charge in [-0.1, -0.05) is 43.2 Å². The number of benzene rings is 1. The van der Waals surface area contributed by atoms with Gasteiger partial charge in [0.05, 0.1) is 11.3 Å². The van der Waals surface area contributed by atoms with E-state index >= 15 is 0 Å². The number of nitrogens with one attached hydrogen (secondary N) is 1. The van der Waals surface area contributed by atoms with Crippen LogP contribution in [0.15, 0.2) is 30.3 Å². The Bertz CT molecular complexity index is 672. The van der Waals surface area contributed by atoms with Gasteiger partial charge >= 0.3 is 0 Å². The molecule has 1 aromatic carbocycles. The summed E-state index contributed by atoms with van der Waals surface area (Å²) in [5, 5.41) is 2.49. The van der Waals surface area contributed by atoms with E-state index in [9.17, 15) is 14.4 Å². The lowest BCUT2D eigenvalue weighted by atomic mass is 9.62. The zero-order valence-corrected chi connectivity index (χ0v) is 13.0. The van der Waals surface area contributed by atoms with E-state index in [1.54, 1.807) is 0 Å². The van der Waals surface area contributed by atoms with Crippen LogP contribution in [0.2, 0.25) is 0 Å². The molecule has 3 amide bonds. The van der Waals surface area contributed by atoms with Crippen LogP contribution >= 0.6 is 0 Å². The molecule has 1 saturated carbocycles. The summed E-state index contributed by atoms with van der Waals surface area (Å²) in [6.07, 6.45) is 3.67. The van der Waals surface area contributed by atoms with Gasteiger partial charge in [0.25, 0.3) is 0 Å². The number of piperidine rings is 1. The summed E-state index contributed by atoms with van der Waals surface area (Å²) in [5.41, 5.74) is 0.366. The average Bonchev–Trinajstić information content (AvgIpc) is 2.80. The van der Waals surface area contributed by atoms with Crippen molar-refractivity contribution in [3.8, 4) is 0 Å². The SMILES string of the molecule is O=C1C[C@H]2C(=O)N(Cc3ccccc3)[C@H]3CCCC[C@]32C(=O)N1. The fraction of sp³-hybridized carbons (Fsp3) is 0.500. The quantitative estimate of drug-likeness (QED) is 0.844. The summed E-state index contributed by atoms with van der Waals surface area (Å²) in [6, 6.07) is 9.77. The van der Waals surface area contributed by atoms with Gasteiger partial charge in [-0.3, -0.25) is 19.7 Å². The summed E-state index contributed by atoms with van der Waals surface area (Å²) in [6.45, 7) is 0.518. The first-order valence-electron chi connectivity index (χ1n) is 8.31. The van der Waals surface area contributed by atoms with Gasteiger partial charge in [-0.05, 0) is 18.4 Å². The molecule has 1 N–H and O–H groups in total. The summed E-state index contributed by atoms with van der Waals surface area (Å²) in [5.74, 6) is -1.04. The molecule has 2 saturated heterocycles. The number of likely N-dealkylation sites (tertiary alicyclic amines) is 1. The summed E-state index contributed by atoms with van der Waals surface area (Å²) in [7, 11) is 0. The summed E-state index contributed by atoms with van der Waals surface area (Å²) < 4.78 is 0. The number of imide groups is 1. The topological polar surface area (TPSA) is 66.5 Å². The number of carbonyl (C=O) groups excluding carboxylic acids is 3. The molecule has 3 fully saturated rings. The zero-order valence-electron chi connectivity index (χ0n) is 13.0. The molecule has 1 aliphatic carbocycles. The Labute approximate surface area is 135 Å². The van der Waals surface area contributed by atoms with Crippen molar-refractivity contribution in [1.82, 2.24) is 10.2 Å². The molecule has 4 rings (SSSR count). The van der Waals surface area contributed by atoms with Crippen molar-refractivity contribution < 1.29 is 14.4 Å². The second kappa shape index (κ2) is 5.18. The fourth-order valence-electron chi connectivity index (χ4n) is 4.73. The van der Waals surface area contributed by atoms with Crippen LogP contribution in [0.25, 0.3) is 0 Å². The van der Waals surface area contributed by atoms with Crippen molar-refractivity contribution >= 4 is 17.7 Å². The molecule has 2 aliphatic heterocycles. The molecule has 2 heterocycles. The molecule has 120 valence electrons. The van der Waals surface area contributed by atoms with Gasteiger partial charge in [-0.15, -0.1) is 0 Å². The van der Waals surface area contributed by atoms with E-state index in [1.807, 2.05) is 35.2 Å². The highest BCUT2D eigenvalue weighted by molar-refractivity contribution is 6.07. The van der Waals surface area contributed by atoms with Crippen LogP contribution in [0, 0.1) is 11.3 Å². The average molecular weight is 312 g/mol. The number of rotatable bonds is 2. The third kappa shape index (κ3) is 2.02. The summed E-state index contributed by atoms with van der Waals surface area (Å²) >= 11 is 0. The molecule has 5 heteroatoms. The molecule has 0 radical (unpaired) electrons. The van der Waals surface area contributed by atoms with Gasteiger partial charge < -0.3 is 4.90 Å². The second-order valence-corrected chi connectivity index (χ2v) is 6.89. The first-order valence-corrected chi connectivity index (χ1v) is 8.31. The van der Waals surface area contributed by atoms with Gasteiger partial charge in [-0.25, -0.2) is 0 Å². The van der Waals surface area contributed by atoms with Crippen molar-refractivity contribution in [3.63, 3.8) is 0 Å². The first kappa shape index (κ1) is 14.4. The Hall–Kier alpha value is -2.17. The van der Waals surface area contributed by atoms with E-state index in [2.05, 4.69) is 5.32 Å². The molecular formula is C18H20N2O3. The predicted octanol–water partition coefficient (Wildman–Crippen LogP) is 1.62. The van der Waals surface area contributed by atoms with E-state index in [1.165, 1.54) is 0 Å². The van der Waals surface area contributed by atoms with Crippen LogP contribution in [0.4, 0.5) is 0 Å². The minimum atomic E-state index is -0.696. The number of carbonyl (C=O) groups is 3. The lowest BCUT2D eigenvalue weighted by Crippen LogP contribution is -2.58. The van der Waals surface area contributed by atoms with Crippen LogP contribution in [-0.4, -0.2) is 28.7 Å². The second-order valence-electron chi connectivity index (χ2n) is 6.89. The highest BCUT2D eigenvalue weighted by Crippen LogP contribution is 2.54. The maximum atomic E-state index is 13.0. The van der Waals surface area contributed by atoms with Crippen molar-refractivity contribution in [3.05, 3.63) is 35.9 Å². The van der Waals surface area contributed by atoms with E-state index in [0.29, 0.717) is 13.0 Å². The Balaban J connectivity index is 1.73. The maximum absolute atomic E-state index is 13.0. The molecule has 3 atom stereocenters. The lowest BCUT2D eigenvalue weighted by Gasteiger charge is -2.43. The zero-order chi connectivity index (χ0) is 16.0. The summed E-state index contributed by atoms with van der Waals surface area (Å²) in [4.78, 5) is 39.3. The highest BCUT2D eigenvalue weighted by Gasteiger charge is 2.65. The molecule has 1 aromatic rings. The minimum Gasteiger partial charge on any atom is -0.334 e. The Kier molecular flexibility index (Phi) is 3.25. The van der Waals surface area contributed by atoms with Gasteiger partial charge in [0.1, 0.15) is 0 Å². The van der Waals surface area contributed by atoms with E-state index in [-0.39, 0.29) is 30.2 Å². The van der Waals surface area contributed by atoms with Crippen molar-refractivity contribution in [2.75, 3.05) is 0 Å². The largest absolute Gasteiger partial charge is 0.334 e. The first-order chi connectivity index (χ1) is 11.1. The van der Waals surface area contributed by atoms with E-state index in [4.69, 9.17) is 0 Å². The standard InChI is InChI=1S/C18H20N2O3/c21-15-10-13-16(22)20(11-12-6-2-1-3-7-12)14-8-4-5-9-18(13,14)17(23)19-15/h1-3,6-7,13-14H,4-5,8-11H2,(H,19,21,23)/t13-,14-,18+/m0/s1. The molecule has 0 bridgehead atoms. The van der Waals surface area contributed by atoms with Gasteiger partial charge in [0.2, 0.25) is 17.7 Å². The molecule has 0 aromatic heterocycles. The normalized spacial score (nSPS) is 33.2. The maximum Gasteiger partial charge on any atom is 0.235 e. The Morgan fingerprint density at radius 3 is 2.70 bits per heavy atom. The van der Waals surface area contributed by atoms with E-state index in [0.717, 1.165) is 24.8 Å². The Morgan fingerprint density at radius 1 is 1.13 bits per heavy atom. The lowest BCUT2D eigenvalue weighted by molar-refractivity contribution is -0.149. The van der Waals surface area contributed by atoms with Crippen molar-refractivity contribution in [2.45, 2.75) is 44.7 Å². The van der Waals surface area contributed by atoms with Crippen LogP contribution in [0.1, 0.15) is 37.7 Å². The smallest absolute Gasteiger partial charge is 0.235 e. The van der Waals surface area contributed by atoms with Crippen molar-refractivity contribution in [1.29, 1.82) is 0 Å². The molecule has 1 spiro atoms. The predicted molar refractivity (Wildman–Crippen MR) is 82.9 cm³/mol. The molecular weight excluding hydrogens is 292 g/mol. The van der Waals surface area contributed by atoms with Crippen LogP contribution in [0.5, 0.6) is 0 Å². The molecule has 23 heavy (non-hydrogen) atoms. The molecule has 5 nitrogen and oxygen atoms in total. The van der Waals surface area contributed by atoms with Crippen molar-refractivity contribution in [2.24, 2.45) is 11.3 Å². The Morgan fingerprint density at radius 2 is 1.91 bits per heavy atom. The van der Waals surface area contributed by atoms with Crippen LogP contribution in [0.3, 0.4) is 0 Å². The number of hydrogen-bond donors (Lipinski definition) is 1. The third-order valence-electron chi connectivity index (χ3n) is 5.75. The van der Waals surface area contributed by atoms with E-state index < -0.39 is 11.3 Å². The van der Waals surface area contributed by atoms with Crippen LogP contribution < -0.4 is 5.32 Å². The van der Waals surface area contributed by atoms with Gasteiger partial charge in [-0.2, -0.15) is 0 Å².